The largest absolute Gasteiger partial charge is 0.391 e. The molecule has 10 heteroatoms. The first kappa shape index (κ1) is 25.5. The van der Waals surface area contributed by atoms with Crippen molar-refractivity contribution in [2.24, 2.45) is 11.8 Å². The van der Waals surface area contributed by atoms with Crippen LogP contribution in [0, 0.1) is 11.8 Å². The summed E-state index contributed by atoms with van der Waals surface area (Å²) in [6.45, 7) is 3.95. The number of aliphatic hydroxyl groups is 1. The maximum Gasteiger partial charge on any atom is 0.145 e. The second-order valence-electron chi connectivity index (χ2n) is 11.7. The van der Waals surface area contributed by atoms with Gasteiger partial charge < -0.3 is 25.7 Å². The number of alkyl halides is 1. The van der Waals surface area contributed by atoms with Gasteiger partial charge in [0.15, 0.2) is 0 Å². The highest BCUT2D eigenvalue weighted by molar-refractivity contribution is 6.32. The topological polar surface area (TPSA) is 118 Å². The molecule has 4 aromatic rings. The highest BCUT2D eigenvalue weighted by Gasteiger charge is 2.36. The van der Waals surface area contributed by atoms with Crippen LogP contribution in [0.15, 0.2) is 30.7 Å². The third-order valence-corrected chi connectivity index (χ3v) is 8.78. The second-order valence-corrected chi connectivity index (χ2v) is 12.1. The number of aromatic nitrogens is 5. The van der Waals surface area contributed by atoms with Crippen molar-refractivity contribution in [3.8, 4) is 0 Å². The number of nitrogens with two attached hydrogens (primary N) is 1. The van der Waals surface area contributed by atoms with Gasteiger partial charge in [-0.2, -0.15) is 0 Å². The van der Waals surface area contributed by atoms with Crippen LogP contribution < -0.4 is 11.1 Å². The second kappa shape index (κ2) is 9.77. The summed E-state index contributed by atoms with van der Waals surface area (Å²) < 4.78 is 16.5. The van der Waals surface area contributed by atoms with Crippen molar-refractivity contribution in [3.05, 3.63) is 47.1 Å². The average molecular weight is 540 g/mol. The number of aromatic amines is 1. The summed E-state index contributed by atoms with van der Waals surface area (Å²) in [4.78, 5) is 16.5. The van der Waals surface area contributed by atoms with Gasteiger partial charge in [-0.25, -0.2) is 19.3 Å². The van der Waals surface area contributed by atoms with Crippen LogP contribution in [-0.2, 0) is 12.1 Å². The fourth-order valence-electron chi connectivity index (χ4n) is 6.29. The Kier molecular flexibility index (Phi) is 6.56. The molecule has 2 aliphatic rings. The van der Waals surface area contributed by atoms with Crippen LogP contribution in [0.3, 0.4) is 0 Å². The number of H-pyrrole nitrogens is 1. The molecule has 3 heterocycles. The molecular formula is C28H35ClFN7O. The Bertz CT molecular complexity index is 1450. The SMILES string of the molecule is CC(C)(F)c1cc2[nH]c(CCC3CC(NCC4CC(O)C(n5ccc6c(N)ncnc65)C4)C3)nc2cc1Cl. The molecule has 3 atom stereocenters. The van der Waals surface area contributed by atoms with Gasteiger partial charge in [0.25, 0.3) is 0 Å². The van der Waals surface area contributed by atoms with Gasteiger partial charge in [0, 0.05) is 29.2 Å². The van der Waals surface area contributed by atoms with Crippen LogP contribution in [-0.4, -0.2) is 48.3 Å². The molecule has 38 heavy (non-hydrogen) atoms. The minimum Gasteiger partial charge on any atom is -0.391 e. The van der Waals surface area contributed by atoms with Gasteiger partial charge in [0.2, 0.25) is 0 Å². The molecule has 0 saturated heterocycles. The smallest absolute Gasteiger partial charge is 0.145 e. The van der Waals surface area contributed by atoms with Gasteiger partial charge in [0.05, 0.1) is 28.6 Å². The molecule has 0 radical (unpaired) electrons. The Balaban J connectivity index is 0.971. The molecule has 5 N–H and O–H groups in total. The van der Waals surface area contributed by atoms with Gasteiger partial charge in [-0.15, -0.1) is 0 Å². The molecule has 8 nitrogen and oxygen atoms in total. The summed E-state index contributed by atoms with van der Waals surface area (Å²) in [5.74, 6) is 2.49. The summed E-state index contributed by atoms with van der Waals surface area (Å²) in [5.41, 5.74) is 7.37. The molecule has 2 saturated carbocycles. The number of benzene rings is 1. The normalized spacial score (nSPS) is 25.9. The van der Waals surface area contributed by atoms with Crippen molar-refractivity contribution in [1.82, 2.24) is 29.8 Å². The number of halogens is 2. The van der Waals surface area contributed by atoms with Crippen molar-refractivity contribution in [2.45, 2.75) is 76.2 Å². The van der Waals surface area contributed by atoms with Crippen molar-refractivity contribution in [1.29, 1.82) is 0 Å². The fourth-order valence-corrected chi connectivity index (χ4v) is 6.67. The lowest BCUT2D eigenvalue weighted by molar-refractivity contribution is 0.135. The van der Waals surface area contributed by atoms with Crippen LogP contribution in [0.4, 0.5) is 10.2 Å². The number of nitrogens with zero attached hydrogens (tertiary/aromatic N) is 4. The van der Waals surface area contributed by atoms with E-state index in [9.17, 15) is 9.50 Å². The number of anilines is 1. The van der Waals surface area contributed by atoms with E-state index < -0.39 is 11.8 Å². The summed E-state index contributed by atoms with van der Waals surface area (Å²) in [5, 5.41) is 15.8. The quantitative estimate of drug-likeness (QED) is 0.248. The van der Waals surface area contributed by atoms with Crippen molar-refractivity contribution < 1.29 is 9.50 Å². The van der Waals surface area contributed by atoms with Gasteiger partial charge in [-0.1, -0.05) is 11.6 Å². The number of nitrogen functional groups attached to an aromatic ring is 1. The number of aryl methyl sites for hydroxylation is 1. The lowest BCUT2D eigenvalue weighted by atomic mass is 9.77. The van der Waals surface area contributed by atoms with Gasteiger partial charge in [-0.05, 0) is 82.5 Å². The maximum absolute atomic E-state index is 14.4. The molecule has 0 bridgehead atoms. The highest BCUT2D eigenvalue weighted by atomic mass is 35.5. The lowest BCUT2D eigenvalue weighted by Crippen LogP contribution is -2.43. The van der Waals surface area contributed by atoms with Crippen LogP contribution in [0.5, 0.6) is 0 Å². The van der Waals surface area contributed by atoms with Crippen molar-refractivity contribution >= 4 is 39.5 Å². The van der Waals surface area contributed by atoms with Crippen LogP contribution in [0.25, 0.3) is 22.1 Å². The van der Waals surface area contributed by atoms with Crippen molar-refractivity contribution in [2.75, 3.05) is 12.3 Å². The predicted octanol–water partition coefficient (Wildman–Crippen LogP) is 5.06. The van der Waals surface area contributed by atoms with Crippen molar-refractivity contribution in [3.63, 3.8) is 0 Å². The summed E-state index contributed by atoms with van der Waals surface area (Å²) >= 11 is 6.29. The van der Waals surface area contributed by atoms with E-state index in [1.807, 2.05) is 12.3 Å². The number of aliphatic hydroxyl groups excluding tert-OH is 1. The van der Waals surface area contributed by atoms with E-state index in [0.717, 1.165) is 73.0 Å². The molecule has 202 valence electrons. The zero-order valence-electron chi connectivity index (χ0n) is 21.8. The lowest BCUT2D eigenvalue weighted by Gasteiger charge is -2.36. The minimum atomic E-state index is -1.50. The summed E-state index contributed by atoms with van der Waals surface area (Å²) in [7, 11) is 0. The number of hydrogen-bond acceptors (Lipinski definition) is 6. The first-order valence-electron chi connectivity index (χ1n) is 13.5. The van der Waals surface area contributed by atoms with E-state index >= 15 is 0 Å². The molecule has 0 amide bonds. The first-order valence-corrected chi connectivity index (χ1v) is 13.9. The predicted molar refractivity (Wildman–Crippen MR) is 148 cm³/mol. The van der Waals surface area contributed by atoms with Crippen LogP contribution in [0.2, 0.25) is 5.02 Å². The molecule has 3 unspecified atom stereocenters. The van der Waals surface area contributed by atoms with E-state index in [-0.39, 0.29) is 6.04 Å². The first-order chi connectivity index (χ1) is 18.2. The number of nitrogens with one attached hydrogen (secondary N) is 2. The molecule has 1 aromatic carbocycles. The van der Waals surface area contributed by atoms with E-state index in [1.165, 1.54) is 20.2 Å². The molecule has 0 spiro atoms. The molecule has 2 fully saturated rings. The monoisotopic (exact) mass is 539 g/mol. The van der Waals surface area contributed by atoms with E-state index in [1.54, 1.807) is 12.1 Å². The molecule has 6 rings (SSSR count). The van der Waals surface area contributed by atoms with Gasteiger partial charge in [0.1, 0.15) is 29.3 Å². The molecule has 2 aliphatic carbocycles. The number of hydrogen-bond donors (Lipinski definition) is 4. The minimum absolute atomic E-state index is 0.00786. The van der Waals surface area contributed by atoms with E-state index in [2.05, 4.69) is 29.8 Å². The number of imidazole rings is 1. The van der Waals surface area contributed by atoms with Crippen LogP contribution in [0.1, 0.15) is 63.4 Å². The van der Waals surface area contributed by atoms with E-state index in [0.29, 0.717) is 34.3 Å². The highest BCUT2D eigenvalue weighted by Crippen LogP contribution is 2.38. The standard InChI is InChI=1S/C28H35ClFN7O/c1-28(2,30)19-11-21-22(12-20(19)29)36-25(35-21)4-3-15-7-17(8-15)32-13-16-9-23(24(38)10-16)37-6-5-18-26(31)33-14-34-27(18)37/h5-6,11-12,14-17,23-24,32,38H,3-4,7-10,13H2,1-2H3,(H,35,36)(H2,31,33,34). The Morgan fingerprint density at radius 2 is 2.03 bits per heavy atom. The fraction of sp³-hybridized carbons (Fsp3) is 0.536. The Hall–Kier alpha value is -2.75. The van der Waals surface area contributed by atoms with Gasteiger partial charge in [-0.3, -0.25) is 0 Å². The number of fused-ring (bicyclic) bond motifs is 2. The molecule has 0 aliphatic heterocycles. The Morgan fingerprint density at radius 3 is 2.82 bits per heavy atom. The number of rotatable bonds is 8. The third-order valence-electron chi connectivity index (χ3n) is 8.47. The maximum atomic E-state index is 14.4. The summed E-state index contributed by atoms with van der Waals surface area (Å²) in [6, 6.07) is 6.00. The third kappa shape index (κ3) is 4.87. The Morgan fingerprint density at radius 1 is 1.21 bits per heavy atom. The molecule has 3 aromatic heterocycles. The Labute approximate surface area is 226 Å². The van der Waals surface area contributed by atoms with Crippen LogP contribution >= 0.6 is 11.6 Å². The zero-order chi connectivity index (χ0) is 26.6. The van der Waals surface area contributed by atoms with E-state index in [4.69, 9.17) is 17.3 Å². The average Bonchev–Trinajstić information content (AvgIpc) is 3.53. The van der Waals surface area contributed by atoms with Gasteiger partial charge >= 0.3 is 0 Å². The summed E-state index contributed by atoms with van der Waals surface area (Å²) in [6.07, 6.45) is 9.00. The zero-order valence-corrected chi connectivity index (χ0v) is 22.5. The molecular weight excluding hydrogens is 505 g/mol.